The van der Waals surface area contributed by atoms with E-state index in [4.69, 9.17) is 19.7 Å². The van der Waals surface area contributed by atoms with Gasteiger partial charge in [-0.05, 0) is 18.9 Å². The molecule has 0 bridgehead atoms. The predicted molar refractivity (Wildman–Crippen MR) is 67.4 cm³/mol. The van der Waals surface area contributed by atoms with Crippen molar-refractivity contribution in [3.63, 3.8) is 0 Å². The van der Waals surface area contributed by atoms with Gasteiger partial charge in [0, 0.05) is 6.61 Å². The van der Waals surface area contributed by atoms with E-state index in [1.807, 2.05) is 0 Å². The third-order valence-electron chi connectivity index (χ3n) is 2.54. The molecule has 0 aliphatic carbocycles. The molecule has 19 heavy (non-hydrogen) atoms. The number of methoxy groups -OCH3 is 1. The number of nitro groups is 1. The first-order valence-corrected chi connectivity index (χ1v) is 5.83. The van der Waals surface area contributed by atoms with Crippen molar-refractivity contribution < 1.29 is 24.6 Å². The number of rotatable bonds is 8. The highest BCUT2D eigenvalue weighted by Gasteiger charge is 2.19. The van der Waals surface area contributed by atoms with Gasteiger partial charge < -0.3 is 19.7 Å². The molecular weight excluding hydrogens is 254 g/mol. The maximum absolute atomic E-state index is 10.9. The maximum atomic E-state index is 10.9. The summed E-state index contributed by atoms with van der Waals surface area (Å²) in [6.45, 7) is -0.0475. The monoisotopic (exact) mass is 271 g/mol. The quantitative estimate of drug-likeness (QED) is 0.419. The lowest BCUT2D eigenvalue weighted by Gasteiger charge is -2.12. The second kappa shape index (κ2) is 7.55. The molecule has 0 unspecified atom stereocenters. The number of unbranched alkanes of at least 4 members (excludes halogenated alkanes) is 1. The lowest BCUT2D eigenvalue weighted by atomic mass is 10.1. The molecule has 0 radical (unpaired) electrons. The molecule has 1 rings (SSSR count). The van der Waals surface area contributed by atoms with E-state index in [1.165, 1.54) is 19.2 Å². The number of hydrogen-bond acceptors (Lipinski definition) is 6. The number of nitrogens with zero attached hydrogens (tertiary/aromatic N) is 1. The van der Waals surface area contributed by atoms with Gasteiger partial charge in [0.1, 0.15) is 0 Å². The summed E-state index contributed by atoms with van der Waals surface area (Å²) in [6, 6.07) is 2.63. The van der Waals surface area contributed by atoms with Crippen molar-refractivity contribution in [2.45, 2.75) is 19.4 Å². The second-order valence-corrected chi connectivity index (χ2v) is 3.83. The lowest BCUT2D eigenvalue weighted by Crippen LogP contribution is -2.03. The molecule has 0 spiro atoms. The SMILES string of the molecule is COc1cc(CO)c([N+](=O)[O-])cc1OCCCCO. The van der Waals surface area contributed by atoms with Crippen LogP contribution in [0.25, 0.3) is 0 Å². The van der Waals surface area contributed by atoms with E-state index >= 15 is 0 Å². The Morgan fingerprint density at radius 2 is 2.00 bits per heavy atom. The van der Waals surface area contributed by atoms with Crippen LogP contribution in [0.5, 0.6) is 11.5 Å². The second-order valence-electron chi connectivity index (χ2n) is 3.83. The Balaban J connectivity index is 2.94. The van der Waals surface area contributed by atoms with Gasteiger partial charge >= 0.3 is 0 Å². The van der Waals surface area contributed by atoms with Crippen LogP contribution in [-0.4, -0.2) is 35.5 Å². The molecule has 0 heterocycles. The number of nitro benzene ring substituents is 1. The van der Waals surface area contributed by atoms with Crippen molar-refractivity contribution in [2.75, 3.05) is 20.3 Å². The summed E-state index contributed by atoms with van der Waals surface area (Å²) >= 11 is 0. The number of aliphatic hydroxyl groups excluding tert-OH is 2. The minimum Gasteiger partial charge on any atom is -0.493 e. The Morgan fingerprint density at radius 3 is 2.53 bits per heavy atom. The number of benzene rings is 1. The van der Waals surface area contributed by atoms with Gasteiger partial charge in [-0.2, -0.15) is 0 Å². The molecule has 0 saturated heterocycles. The summed E-state index contributed by atoms with van der Waals surface area (Å²) in [7, 11) is 1.42. The molecule has 0 atom stereocenters. The van der Waals surface area contributed by atoms with Crippen LogP contribution < -0.4 is 9.47 Å². The zero-order valence-electron chi connectivity index (χ0n) is 10.7. The number of ether oxygens (including phenoxy) is 2. The van der Waals surface area contributed by atoms with Gasteiger partial charge in [-0.25, -0.2) is 0 Å². The van der Waals surface area contributed by atoms with E-state index in [0.717, 1.165) is 0 Å². The van der Waals surface area contributed by atoms with Crippen LogP contribution in [0.3, 0.4) is 0 Å². The van der Waals surface area contributed by atoms with E-state index in [0.29, 0.717) is 25.2 Å². The lowest BCUT2D eigenvalue weighted by molar-refractivity contribution is -0.385. The molecule has 0 fully saturated rings. The van der Waals surface area contributed by atoms with Crippen molar-refractivity contribution in [3.05, 3.63) is 27.8 Å². The van der Waals surface area contributed by atoms with Crippen molar-refractivity contribution in [1.29, 1.82) is 0 Å². The Bertz CT molecular complexity index is 434. The molecule has 1 aromatic rings. The summed E-state index contributed by atoms with van der Waals surface area (Å²) < 4.78 is 10.5. The van der Waals surface area contributed by atoms with E-state index in [1.54, 1.807) is 0 Å². The van der Waals surface area contributed by atoms with E-state index in [9.17, 15) is 10.1 Å². The first kappa shape index (κ1) is 15.2. The Labute approximate surface area is 110 Å². The summed E-state index contributed by atoms with van der Waals surface area (Å²) in [4.78, 5) is 10.3. The van der Waals surface area contributed by atoms with Gasteiger partial charge in [0.2, 0.25) is 0 Å². The summed E-state index contributed by atoms with van der Waals surface area (Å²) in [5.74, 6) is 0.586. The van der Waals surface area contributed by atoms with Crippen LogP contribution in [0, 0.1) is 10.1 Å². The Morgan fingerprint density at radius 1 is 1.26 bits per heavy atom. The minimum absolute atomic E-state index is 0.0735. The van der Waals surface area contributed by atoms with Gasteiger partial charge in [-0.15, -0.1) is 0 Å². The van der Waals surface area contributed by atoms with Crippen molar-refractivity contribution in [3.8, 4) is 11.5 Å². The Hall–Kier alpha value is -1.86. The maximum Gasteiger partial charge on any atom is 0.278 e. The van der Waals surface area contributed by atoms with Crippen molar-refractivity contribution >= 4 is 5.69 Å². The summed E-state index contributed by atoms with van der Waals surface area (Å²) in [6.07, 6.45) is 1.23. The largest absolute Gasteiger partial charge is 0.493 e. The molecule has 0 aliphatic heterocycles. The van der Waals surface area contributed by atoms with Gasteiger partial charge in [-0.3, -0.25) is 10.1 Å². The topological polar surface area (TPSA) is 102 Å². The van der Waals surface area contributed by atoms with E-state index in [-0.39, 0.29) is 23.6 Å². The molecule has 106 valence electrons. The van der Waals surface area contributed by atoms with Crippen LogP contribution in [0.4, 0.5) is 5.69 Å². The van der Waals surface area contributed by atoms with Crippen molar-refractivity contribution in [2.24, 2.45) is 0 Å². The Kier molecular flexibility index (Phi) is 6.04. The van der Waals surface area contributed by atoms with Crippen LogP contribution in [-0.2, 0) is 6.61 Å². The predicted octanol–water partition coefficient (Wildman–Crippen LogP) is 1.25. The van der Waals surface area contributed by atoms with Gasteiger partial charge in [0.25, 0.3) is 5.69 Å². The first-order chi connectivity index (χ1) is 9.13. The third-order valence-corrected chi connectivity index (χ3v) is 2.54. The normalized spacial score (nSPS) is 10.3. The molecular formula is C12H17NO6. The molecule has 0 amide bonds. The average Bonchev–Trinajstić information content (AvgIpc) is 2.42. The van der Waals surface area contributed by atoms with Crippen LogP contribution in [0.1, 0.15) is 18.4 Å². The van der Waals surface area contributed by atoms with Gasteiger partial charge in [0.15, 0.2) is 11.5 Å². The average molecular weight is 271 g/mol. The standard InChI is InChI=1S/C12H17NO6/c1-18-11-6-9(8-15)10(13(16)17)7-12(11)19-5-3-2-4-14/h6-7,14-15H,2-5,8H2,1H3. The highest BCUT2D eigenvalue weighted by molar-refractivity contribution is 5.54. The van der Waals surface area contributed by atoms with Crippen LogP contribution in [0.2, 0.25) is 0 Å². The number of hydrogen-bond donors (Lipinski definition) is 2. The van der Waals surface area contributed by atoms with Crippen molar-refractivity contribution in [1.82, 2.24) is 0 Å². The smallest absolute Gasteiger partial charge is 0.278 e. The van der Waals surface area contributed by atoms with Crippen LogP contribution >= 0.6 is 0 Å². The molecule has 2 N–H and O–H groups in total. The highest BCUT2D eigenvalue weighted by atomic mass is 16.6. The molecule has 1 aromatic carbocycles. The first-order valence-electron chi connectivity index (χ1n) is 5.83. The van der Waals surface area contributed by atoms with E-state index in [2.05, 4.69) is 0 Å². The van der Waals surface area contributed by atoms with Crippen LogP contribution in [0.15, 0.2) is 12.1 Å². The summed E-state index contributed by atoms with van der Waals surface area (Å²) in [5, 5.41) is 28.6. The van der Waals surface area contributed by atoms with Gasteiger partial charge in [0.05, 0.1) is 36.9 Å². The minimum atomic E-state index is -0.578. The molecule has 0 saturated carbocycles. The van der Waals surface area contributed by atoms with Gasteiger partial charge in [-0.1, -0.05) is 0 Å². The summed E-state index contributed by atoms with van der Waals surface area (Å²) in [5.41, 5.74) is -0.0370. The molecule has 0 aliphatic rings. The molecule has 7 nitrogen and oxygen atoms in total. The fraction of sp³-hybridized carbons (Fsp3) is 0.500. The molecule has 0 aromatic heterocycles. The fourth-order valence-corrected chi connectivity index (χ4v) is 1.56. The zero-order valence-corrected chi connectivity index (χ0v) is 10.7. The third kappa shape index (κ3) is 4.08. The zero-order chi connectivity index (χ0) is 14.3. The molecule has 7 heteroatoms. The fourth-order valence-electron chi connectivity index (χ4n) is 1.56. The highest BCUT2D eigenvalue weighted by Crippen LogP contribution is 2.34. The number of aliphatic hydroxyl groups is 2. The van der Waals surface area contributed by atoms with E-state index < -0.39 is 11.5 Å².